The highest BCUT2D eigenvalue weighted by atomic mass is 35.5. The maximum absolute atomic E-state index is 13.3. The second-order valence-corrected chi connectivity index (χ2v) is 9.13. The van der Waals surface area contributed by atoms with Crippen molar-refractivity contribution in [1.29, 1.82) is 0 Å². The van der Waals surface area contributed by atoms with Gasteiger partial charge in [0.1, 0.15) is 29.1 Å². The van der Waals surface area contributed by atoms with Gasteiger partial charge in [-0.2, -0.15) is 0 Å². The highest BCUT2D eigenvalue weighted by Crippen LogP contribution is 2.45. The van der Waals surface area contributed by atoms with Crippen molar-refractivity contribution in [3.8, 4) is 5.75 Å². The molecule has 0 spiro atoms. The van der Waals surface area contributed by atoms with E-state index in [-0.39, 0.29) is 11.3 Å². The van der Waals surface area contributed by atoms with Crippen molar-refractivity contribution >= 4 is 55.7 Å². The minimum Gasteiger partial charge on any atom is -0.507 e. The molecular formula is C25H19ClN2O5S. The van der Waals surface area contributed by atoms with Crippen molar-refractivity contribution in [1.82, 2.24) is 4.98 Å². The number of anilines is 1. The number of aryl methyl sites for hydroxylation is 1. The maximum atomic E-state index is 13.3. The molecule has 1 amide bonds. The summed E-state index contributed by atoms with van der Waals surface area (Å²) >= 11 is 7.34. The lowest BCUT2D eigenvalue weighted by Crippen LogP contribution is -2.29. The van der Waals surface area contributed by atoms with E-state index in [4.69, 9.17) is 20.8 Å². The number of amides is 1. The van der Waals surface area contributed by atoms with Gasteiger partial charge < -0.3 is 14.3 Å². The number of aliphatic hydroxyl groups excluding tert-OH is 1. The topological polar surface area (TPSA) is 92.9 Å². The monoisotopic (exact) mass is 494 g/mol. The molecule has 2 aromatic heterocycles. The number of hydrogen-bond acceptors (Lipinski definition) is 7. The van der Waals surface area contributed by atoms with E-state index >= 15 is 0 Å². The molecule has 172 valence electrons. The average Bonchev–Trinajstić information content (AvgIpc) is 3.49. The highest BCUT2D eigenvalue weighted by molar-refractivity contribution is 7.22. The zero-order valence-corrected chi connectivity index (χ0v) is 19.8. The largest absolute Gasteiger partial charge is 0.507 e. The summed E-state index contributed by atoms with van der Waals surface area (Å²) in [7, 11) is 0. The van der Waals surface area contributed by atoms with Crippen LogP contribution in [0.3, 0.4) is 0 Å². The Kier molecular flexibility index (Phi) is 5.63. The van der Waals surface area contributed by atoms with Crippen LogP contribution in [0.25, 0.3) is 16.0 Å². The van der Waals surface area contributed by atoms with E-state index in [2.05, 4.69) is 4.98 Å². The predicted molar refractivity (Wildman–Crippen MR) is 130 cm³/mol. The molecule has 4 aromatic rings. The first-order valence-electron chi connectivity index (χ1n) is 10.5. The summed E-state index contributed by atoms with van der Waals surface area (Å²) in [4.78, 5) is 32.3. The Morgan fingerprint density at radius 3 is 2.76 bits per heavy atom. The van der Waals surface area contributed by atoms with Gasteiger partial charge in [-0.25, -0.2) is 4.98 Å². The number of hydrogen-bond donors (Lipinski definition) is 1. The molecule has 1 saturated heterocycles. The summed E-state index contributed by atoms with van der Waals surface area (Å²) in [6.45, 7) is 4.06. The van der Waals surface area contributed by atoms with Crippen LogP contribution in [0.1, 0.15) is 30.0 Å². The van der Waals surface area contributed by atoms with Crippen LogP contribution in [0.5, 0.6) is 5.75 Å². The Morgan fingerprint density at radius 1 is 1.21 bits per heavy atom. The van der Waals surface area contributed by atoms with Crippen LogP contribution in [0, 0.1) is 6.92 Å². The molecule has 0 bridgehead atoms. The third-order valence-corrected chi connectivity index (χ3v) is 6.69. The van der Waals surface area contributed by atoms with E-state index < -0.39 is 17.7 Å². The molecule has 0 aliphatic carbocycles. The number of carbonyl (C=O) groups is 2. The van der Waals surface area contributed by atoms with Crippen LogP contribution in [0.15, 0.2) is 64.6 Å². The molecular weight excluding hydrogens is 476 g/mol. The zero-order chi connectivity index (χ0) is 24.0. The predicted octanol–water partition coefficient (Wildman–Crippen LogP) is 5.88. The molecule has 3 heterocycles. The molecule has 0 saturated carbocycles. The molecule has 34 heavy (non-hydrogen) atoms. The van der Waals surface area contributed by atoms with Gasteiger partial charge in [-0.05, 0) is 56.3 Å². The second-order valence-electron chi connectivity index (χ2n) is 7.69. The smallest absolute Gasteiger partial charge is 0.302 e. The molecule has 1 aliphatic heterocycles. The molecule has 5 rings (SSSR count). The Morgan fingerprint density at radius 2 is 2.03 bits per heavy atom. The van der Waals surface area contributed by atoms with E-state index in [9.17, 15) is 14.7 Å². The minimum absolute atomic E-state index is 0.0784. The third-order valence-electron chi connectivity index (χ3n) is 5.44. The number of benzene rings is 2. The van der Waals surface area contributed by atoms with Crippen LogP contribution < -0.4 is 9.64 Å². The lowest BCUT2D eigenvalue weighted by molar-refractivity contribution is -0.132. The van der Waals surface area contributed by atoms with Crippen molar-refractivity contribution in [2.45, 2.75) is 19.9 Å². The molecule has 1 aliphatic rings. The number of ether oxygens (including phenoxy) is 1. The SMILES string of the molecule is CCOc1cccc(C(O)=C2C(=O)C(=O)N(c3nc4ccc(Cl)cc4s3)C2c2ccc(C)o2)c1. The summed E-state index contributed by atoms with van der Waals surface area (Å²) < 4.78 is 12.1. The fraction of sp³-hybridized carbons (Fsp3) is 0.160. The number of thiazole rings is 1. The minimum atomic E-state index is -0.986. The van der Waals surface area contributed by atoms with Gasteiger partial charge in [0.15, 0.2) is 5.13 Å². The number of furan rings is 1. The summed E-state index contributed by atoms with van der Waals surface area (Å²) in [6.07, 6.45) is 0. The van der Waals surface area contributed by atoms with Crippen molar-refractivity contribution in [3.63, 3.8) is 0 Å². The molecule has 0 radical (unpaired) electrons. The summed E-state index contributed by atoms with van der Waals surface area (Å²) in [5.74, 6) is -0.450. The zero-order valence-electron chi connectivity index (χ0n) is 18.2. The van der Waals surface area contributed by atoms with Gasteiger partial charge in [-0.3, -0.25) is 14.5 Å². The standard InChI is InChI=1S/C25H19ClN2O5S/c1-3-32-16-6-4-5-14(11-16)22(29)20-21(18-10-7-13(2)33-18)28(24(31)23(20)30)25-27-17-9-8-15(26)12-19(17)34-25/h4-12,21,29H,3H2,1-2H3. The number of nitrogens with zero attached hydrogens (tertiary/aromatic N) is 2. The van der Waals surface area contributed by atoms with Crippen LogP contribution in [0.4, 0.5) is 5.13 Å². The van der Waals surface area contributed by atoms with Crippen molar-refractivity contribution < 1.29 is 23.8 Å². The Balaban J connectivity index is 1.70. The van der Waals surface area contributed by atoms with Crippen LogP contribution >= 0.6 is 22.9 Å². The number of aliphatic hydroxyl groups is 1. The molecule has 1 unspecified atom stereocenters. The fourth-order valence-corrected chi connectivity index (χ4v) is 5.21. The van der Waals surface area contributed by atoms with Gasteiger partial charge in [0.25, 0.3) is 5.78 Å². The van der Waals surface area contributed by atoms with E-state index in [1.165, 1.54) is 16.2 Å². The lowest BCUT2D eigenvalue weighted by Gasteiger charge is -2.20. The first-order valence-corrected chi connectivity index (χ1v) is 11.7. The van der Waals surface area contributed by atoms with Gasteiger partial charge in [0.05, 0.1) is 22.4 Å². The van der Waals surface area contributed by atoms with Crippen LogP contribution in [-0.2, 0) is 9.59 Å². The van der Waals surface area contributed by atoms with Crippen molar-refractivity contribution in [3.05, 3.63) is 82.3 Å². The van der Waals surface area contributed by atoms with Crippen LogP contribution in [-0.4, -0.2) is 28.4 Å². The fourth-order valence-electron chi connectivity index (χ4n) is 3.94. The maximum Gasteiger partial charge on any atom is 0.302 e. The first-order chi connectivity index (χ1) is 16.4. The number of rotatable bonds is 5. The van der Waals surface area contributed by atoms with E-state index in [0.717, 1.165) is 4.70 Å². The first kappa shape index (κ1) is 22.2. The molecule has 2 aromatic carbocycles. The number of fused-ring (bicyclic) bond motifs is 1. The number of aromatic nitrogens is 1. The van der Waals surface area contributed by atoms with E-state index in [0.29, 0.717) is 45.1 Å². The summed E-state index contributed by atoms with van der Waals surface area (Å²) in [5.41, 5.74) is 0.920. The Hall–Kier alpha value is -3.62. The van der Waals surface area contributed by atoms with Gasteiger partial charge in [-0.15, -0.1) is 0 Å². The highest BCUT2D eigenvalue weighted by Gasteiger charge is 2.49. The quantitative estimate of drug-likeness (QED) is 0.212. The average molecular weight is 495 g/mol. The van der Waals surface area contributed by atoms with Crippen molar-refractivity contribution in [2.24, 2.45) is 0 Å². The van der Waals surface area contributed by atoms with Gasteiger partial charge in [0, 0.05) is 10.6 Å². The van der Waals surface area contributed by atoms with E-state index in [1.54, 1.807) is 61.5 Å². The molecule has 1 N–H and O–H groups in total. The summed E-state index contributed by atoms with van der Waals surface area (Å²) in [6, 6.07) is 14.4. The van der Waals surface area contributed by atoms with Gasteiger partial charge in [0.2, 0.25) is 0 Å². The third kappa shape index (κ3) is 3.74. The normalized spacial score (nSPS) is 17.6. The Bertz CT molecular complexity index is 1470. The molecule has 9 heteroatoms. The molecule has 1 atom stereocenters. The summed E-state index contributed by atoms with van der Waals surface area (Å²) in [5, 5.41) is 12.1. The molecule has 1 fully saturated rings. The van der Waals surface area contributed by atoms with Crippen molar-refractivity contribution in [2.75, 3.05) is 11.5 Å². The number of halogens is 1. The second kappa shape index (κ2) is 8.62. The van der Waals surface area contributed by atoms with E-state index in [1.807, 2.05) is 6.92 Å². The number of ketones is 1. The number of Topliss-reactive ketones (excluding diaryl/α,β-unsaturated/α-hetero) is 1. The Labute approximate surface area is 203 Å². The number of carbonyl (C=O) groups excluding carboxylic acids is 2. The van der Waals surface area contributed by atoms with Gasteiger partial charge in [-0.1, -0.05) is 35.1 Å². The van der Waals surface area contributed by atoms with Gasteiger partial charge >= 0.3 is 5.91 Å². The molecule has 7 nitrogen and oxygen atoms in total. The lowest BCUT2D eigenvalue weighted by atomic mass is 9.99. The van der Waals surface area contributed by atoms with Crippen LogP contribution in [0.2, 0.25) is 5.02 Å².